The summed E-state index contributed by atoms with van der Waals surface area (Å²) in [5.41, 5.74) is -0.150. The number of carbonyl (C=O) groups is 2. The Morgan fingerprint density at radius 1 is 1.27 bits per heavy atom. The van der Waals surface area contributed by atoms with Crippen molar-refractivity contribution in [2.45, 2.75) is 26.8 Å². The number of nitrogens with zero attached hydrogens (tertiary/aromatic N) is 2. The summed E-state index contributed by atoms with van der Waals surface area (Å²) in [4.78, 5) is 40.3. The second kappa shape index (κ2) is 7.17. The van der Waals surface area contributed by atoms with Crippen LogP contribution in [-0.2, 0) is 20.8 Å². The monoisotopic (exact) mass is 324 g/mol. The van der Waals surface area contributed by atoms with Crippen LogP contribution >= 0.6 is 11.3 Å². The van der Waals surface area contributed by atoms with Gasteiger partial charge in [0.15, 0.2) is 0 Å². The topological polar surface area (TPSA) is 87.5 Å². The van der Waals surface area contributed by atoms with Crippen molar-refractivity contribution in [3.05, 3.63) is 27.6 Å². The first kappa shape index (κ1) is 16.2. The van der Waals surface area contributed by atoms with Gasteiger partial charge in [0, 0.05) is 11.9 Å². The largest absolute Gasteiger partial charge is 0.466 e. The van der Waals surface area contributed by atoms with Crippen LogP contribution < -0.4 is 5.56 Å². The SMILES string of the molecule is CCOC(=O)CCn1cnc2scc(C(=O)OCC)c2c1=O. The van der Waals surface area contributed by atoms with Crippen molar-refractivity contribution in [2.75, 3.05) is 13.2 Å². The van der Waals surface area contributed by atoms with Crippen LogP contribution in [0.3, 0.4) is 0 Å². The number of aryl methyl sites for hydroxylation is 1. The molecule has 0 aliphatic heterocycles. The minimum Gasteiger partial charge on any atom is -0.466 e. The van der Waals surface area contributed by atoms with Crippen LogP contribution in [0.4, 0.5) is 0 Å². The Morgan fingerprint density at radius 2 is 2.00 bits per heavy atom. The third kappa shape index (κ3) is 3.33. The molecule has 22 heavy (non-hydrogen) atoms. The first-order chi connectivity index (χ1) is 10.6. The summed E-state index contributed by atoms with van der Waals surface area (Å²) in [6.45, 7) is 4.09. The van der Waals surface area contributed by atoms with Crippen LogP contribution in [0.2, 0.25) is 0 Å². The number of fused-ring (bicyclic) bond motifs is 1. The van der Waals surface area contributed by atoms with Gasteiger partial charge in [-0.3, -0.25) is 14.2 Å². The maximum Gasteiger partial charge on any atom is 0.339 e. The highest BCUT2D eigenvalue weighted by Crippen LogP contribution is 2.21. The van der Waals surface area contributed by atoms with Crippen molar-refractivity contribution in [1.29, 1.82) is 0 Å². The van der Waals surface area contributed by atoms with Gasteiger partial charge in [0.1, 0.15) is 4.83 Å². The fourth-order valence-corrected chi connectivity index (χ4v) is 2.80. The number of esters is 2. The van der Waals surface area contributed by atoms with E-state index in [1.165, 1.54) is 22.2 Å². The molecule has 2 aromatic heterocycles. The molecule has 7 nitrogen and oxygen atoms in total. The van der Waals surface area contributed by atoms with Gasteiger partial charge in [0.05, 0.1) is 36.9 Å². The second-order valence-corrected chi connectivity index (χ2v) is 5.21. The van der Waals surface area contributed by atoms with E-state index in [2.05, 4.69) is 4.98 Å². The van der Waals surface area contributed by atoms with E-state index >= 15 is 0 Å². The van der Waals surface area contributed by atoms with Crippen molar-refractivity contribution in [3.63, 3.8) is 0 Å². The van der Waals surface area contributed by atoms with Crippen molar-refractivity contribution < 1.29 is 19.1 Å². The van der Waals surface area contributed by atoms with Gasteiger partial charge in [0.25, 0.3) is 5.56 Å². The molecule has 0 N–H and O–H groups in total. The molecule has 0 bridgehead atoms. The number of carbonyl (C=O) groups excluding carboxylic acids is 2. The lowest BCUT2D eigenvalue weighted by Crippen LogP contribution is -2.23. The van der Waals surface area contributed by atoms with Crippen LogP contribution in [-0.4, -0.2) is 34.7 Å². The number of rotatable bonds is 6. The molecule has 0 saturated heterocycles. The normalized spacial score (nSPS) is 10.6. The predicted molar refractivity (Wildman–Crippen MR) is 81.1 cm³/mol. The maximum atomic E-state index is 12.5. The van der Waals surface area contributed by atoms with E-state index in [1.807, 2.05) is 0 Å². The fourth-order valence-electron chi connectivity index (χ4n) is 1.93. The molecular weight excluding hydrogens is 308 g/mol. The van der Waals surface area contributed by atoms with Gasteiger partial charge < -0.3 is 9.47 Å². The van der Waals surface area contributed by atoms with E-state index in [1.54, 1.807) is 19.2 Å². The zero-order valence-electron chi connectivity index (χ0n) is 12.3. The summed E-state index contributed by atoms with van der Waals surface area (Å²) in [5.74, 6) is -0.929. The molecule has 0 aromatic carbocycles. The van der Waals surface area contributed by atoms with Crippen molar-refractivity contribution >= 4 is 33.5 Å². The summed E-state index contributed by atoms with van der Waals surface area (Å²) in [5, 5.41) is 1.79. The van der Waals surface area contributed by atoms with Gasteiger partial charge in [-0.15, -0.1) is 11.3 Å². The van der Waals surface area contributed by atoms with Gasteiger partial charge in [-0.05, 0) is 13.8 Å². The van der Waals surface area contributed by atoms with Crippen LogP contribution in [0, 0.1) is 0 Å². The van der Waals surface area contributed by atoms with Crippen LogP contribution in [0.1, 0.15) is 30.6 Å². The standard InChI is InChI=1S/C14H16N2O5S/c1-3-20-10(17)5-6-16-8-15-12-11(13(16)18)9(7-22-12)14(19)21-4-2/h7-8H,3-6H2,1-2H3. The number of aromatic nitrogens is 2. The van der Waals surface area contributed by atoms with Crippen molar-refractivity contribution in [1.82, 2.24) is 9.55 Å². The van der Waals surface area contributed by atoms with Gasteiger partial charge >= 0.3 is 11.9 Å². The number of ether oxygens (including phenoxy) is 2. The molecule has 0 aliphatic carbocycles. The first-order valence-electron chi connectivity index (χ1n) is 6.87. The highest BCUT2D eigenvalue weighted by molar-refractivity contribution is 7.17. The third-order valence-electron chi connectivity index (χ3n) is 2.92. The molecule has 118 valence electrons. The molecule has 0 aliphatic rings. The smallest absolute Gasteiger partial charge is 0.339 e. The lowest BCUT2D eigenvalue weighted by atomic mass is 10.2. The van der Waals surface area contributed by atoms with E-state index in [0.717, 1.165) is 0 Å². The Bertz CT molecular complexity index is 749. The molecule has 2 heterocycles. The van der Waals surface area contributed by atoms with Gasteiger partial charge in [-0.25, -0.2) is 9.78 Å². The molecule has 0 spiro atoms. The van der Waals surface area contributed by atoms with E-state index < -0.39 is 5.97 Å². The number of thiophene rings is 1. The van der Waals surface area contributed by atoms with Gasteiger partial charge in [-0.1, -0.05) is 0 Å². The zero-order valence-corrected chi connectivity index (χ0v) is 13.1. The molecule has 0 fully saturated rings. The van der Waals surface area contributed by atoms with Crippen LogP contribution in [0.25, 0.3) is 10.2 Å². The average molecular weight is 324 g/mol. The Kier molecular flexibility index (Phi) is 5.26. The minimum absolute atomic E-state index is 0.0693. The van der Waals surface area contributed by atoms with Crippen molar-refractivity contribution in [3.8, 4) is 0 Å². The number of hydrogen-bond acceptors (Lipinski definition) is 7. The Balaban J connectivity index is 2.32. The molecule has 0 atom stereocenters. The minimum atomic E-state index is -0.546. The van der Waals surface area contributed by atoms with Crippen LogP contribution in [0.15, 0.2) is 16.5 Å². The van der Waals surface area contributed by atoms with Gasteiger partial charge in [0.2, 0.25) is 0 Å². The Labute approximate surface area is 130 Å². The molecular formula is C14H16N2O5S. The lowest BCUT2D eigenvalue weighted by Gasteiger charge is -2.06. The molecule has 0 radical (unpaired) electrons. The quantitative estimate of drug-likeness (QED) is 0.750. The summed E-state index contributed by atoms with van der Waals surface area (Å²) in [6, 6.07) is 0. The first-order valence-corrected chi connectivity index (χ1v) is 7.75. The number of hydrogen-bond donors (Lipinski definition) is 0. The Hall–Kier alpha value is -2.22. The molecule has 0 amide bonds. The molecule has 0 unspecified atom stereocenters. The lowest BCUT2D eigenvalue weighted by molar-refractivity contribution is -0.143. The molecule has 2 aromatic rings. The third-order valence-corrected chi connectivity index (χ3v) is 3.80. The van der Waals surface area contributed by atoms with E-state index in [-0.39, 0.29) is 42.1 Å². The van der Waals surface area contributed by atoms with Gasteiger partial charge in [-0.2, -0.15) is 0 Å². The second-order valence-electron chi connectivity index (χ2n) is 4.35. The van der Waals surface area contributed by atoms with Crippen molar-refractivity contribution in [2.24, 2.45) is 0 Å². The fraction of sp³-hybridized carbons (Fsp3) is 0.429. The predicted octanol–water partition coefficient (Wildman–Crippen LogP) is 1.59. The maximum absolute atomic E-state index is 12.5. The zero-order chi connectivity index (χ0) is 16.1. The highest BCUT2D eigenvalue weighted by atomic mass is 32.1. The summed E-state index contributed by atoms with van der Waals surface area (Å²) in [7, 11) is 0. The molecule has 0 saturated carbocycles. The van der Waals surface area contributed by atoms with E-state index in [0.29, 0.717) is 11.4 Å². The molecule has 2 rings (SSSR count). The van der Waals surface area contributed by atoms with E-state index in [9.17, 15) is 14.4 Å². The van der Waals surface area contributed by atoms with Crippen LogP contribution in [0.5, 0.6) is 0 Å². The average Bonchev–Trinajstić information content (AvgIpc) is 2.92. The molecule has 8 heteroatoms. The van der Waals surface area contributed by atoms with E-state index in [4.69, 9.17) is 9.47 Å². The Morgan fingerprint density at radius 3 is 2.68 bits per heavy atom. The summed E-state index contributed by atoms with van der Waals surface area (Å²) >= 11 is 1.21. The highest BCUT2D eigenvalue weighted by Gasteiger charge is 2.18. The summed E-state index contributed by atoms with van der Waals surface area (Å²) in [6.07, 6.45) is 1.44. The summed E-state index contributed by atoms with van der Waals surface area (Å²) < 4.78 is 11.1.